The Kier molecular flexibility index (Phi) is 3.31. The molecule has 8 heteroatoms. The van der Waals surface area contributed by atoms with Crippen LogP contribution in [0.15, 0.2) is 33.8 Å². The number of anilines is 2. The topological polar surface area (TPSA) is 101 Å². The van der Waals surface area contributed by atoms with Gasteiger partial charge in [0.2, 0.25) is 0 Å². The molecule has 1 heterocycles. The number of nitrogens with zero attached hydrogens (tertiary/aromatic N) is 1. The van der Waals surface area contributed by atoms with Crippen LogP contribution in [0.1, 0.15) is 5.69 Å². The van der Waals surface area contributed by atoms with Crippen molar-refractivity contribution in [2.24, 2.45) is 0 Å². The normalized spacial score (nSPS) is 11.4. The van der Waals surface area contributed by atoms with E-state index in [-0.39, 0.29) is 4.90 Å². The molecular weight excluding hydrogens is 320 g/mol. The average molecular weight is 331 g/mol. The van der Waals surface area contributed by atoms with Crippen molar-refractivity contribution in [1.29, 1.82) is 0 Å². The summed E-state index contributed by atoms with van der Waals surface area (Å²) in [5.41, 5.74) is 7.04. The van der Waals surface area contributed by atoms with Gasteiger partial charge in [-0.15, -0.1) is 0 Å². The fourth-order valence-electron chi connectivity index (χ4n) is 1.42. The molecule has 0 aliphatic heterocycles. The first kappa shape index (κ1) is 12.9. The molecule has 0 spiro atoms. The van der Waals surface area contributed by atoms with Crippen LogP contribution < -0.4 is 10.5 Å². The molecule has 2 aromatic rings. The van der Waals surface area contributed by atoms with Crippen LogP contribution in [-0.2, 0) is 10.0 Å². The molecule has 0 radical (unpaired) electrons. The van der Waals surface area contributed by atoms with Crippen molar-refractivity contribution in [3.05, 3.63) is 34.6 Å². The predicted molar refractivity (Wildman–Crippen MR) is 72.7 cm³/mol. The van der Waals surface area contributed by atoms with Crippen LogP contribution in [0.2, 0.25) is 0 Å². The summed E-state index contributed by atoms with van der Waals surface area (Å²) in [6.07, 6.45) is 1.27. The van der Waals surface area contributed by atoms with Crippen LogP contribution in [0.5, 0.6) is 0 Å². The van der Waals surface area contributed by atoms with E-state index in [1.165, 1.54) is 6.20 Å². The highest BCUT2D eigenvalue weighted by atomic mass is 79.9. The van der Waals surface area contributed by atoms with Gasteiger partial charge in [-0.3, -0.25) is 9.82 Å². The van der Waals surface area contributed by atoms with Crippen molar-refractivity contribution in [2.45, 2.75) is 11.8 Å². The number of nitrogens with one attached hydrogen (secondary N) is 2. The summed E-state index contributed by atoms with van der Waals surface area (Å²) in [5, 5.41) is 6.27. The highest BCUT2D eigenvalue weighted by Gasteiger charge is 2.19. The van der Waals surface area contributed by atoms with Crippen LogP contribution in [0.25, 0.3) is 0 Å². The first-order chi connectivity index (χ1) is 8.40. The van der Waals surface area contributed by atoms with Gasteiger partial charge >= 0.3 is 0 Å². The van der Waals surface area contributed by atoms with Gasteiger partial charge in [-0.2, -0.15) is 5.10 Å². The molecule has 18 heavy (non-hydrogen) atoms. The molecule has 0 atom stereocenters. The number of nitrogens with two attached hydrogens (primary N) is 1. The van der Waals surface area contributed by atoms with Gasteiger partial charge in [-0.25, -0.2) is 8.42 Å². The van der Waals surface area contributed by atoms with Gasteiger partial charge in [0, 0.05) is 10.2 Å². The summed E-state index contributed by atoms with van der Waals surface area (Å²) < 4.78 is 27.2. The van der Waals surface area contributed by atoms with Crippen LogP contribution in [0.4, 0.5) is 11.4 Å². The van der Waals surface area contributed by atoms with Gasteiger partial charge in [0.15, 0.2) is 0 Å². The number of sulfonamides is 1. The molecular formula is C10H11BrN4O2S. The molecule has 96 valence electrons. The fourth-order valence-corrected chi connectivity index (χ4v) is 3.27. The van der Waals surface area contributed by atoms with Crippen molar-refractivity contribution in [3.63, 3.8) is 0 Å². The van der Waals surface area contributed by atoms with E-state index in [0.717, 1.165) is 0 Å². The first-order valence-corrected chi connectivity index (χ1v) is 7.25. The molecule has 4 N–H and O–H groups in total. The third kappa shape index (κ3) is 2.49. The number of benzene rings is 1. The minimum Gasteiger partial charge on any atom is -0.399 e. The number of nitrogen functional groups attached to an aromatic ring is 1. The Hall–Kier alpha value is -1.54. The van der Waals surface area contributed by atoms with Gasteiger partial charge in [-0.05, 0) is 41.1 Å². The molecule has 0 amide bonds. The van der Waals surface area contributed by atoms with Crippen molar-refractivity contribution in [2.75, 3.05) is 10.5 Å². The molecule has 6 nitrogen and oxygen atoms in total. The second-order valence-electron chi connectivity index (χ2n) is 3.70. The molecule has 0 aliphatic carbocycles. The second kappa shape index (κ2) is 4.62. The van der Waals surface area contributed by atoms with Crippen molar-refractivity contribution in [1.82, 2.24) is 10.2 Å². The Morgan fingerprint density at radius 2 is 2.17 bits per heavy atom. The van der Waals surface area contributed by atoms with Gasteiger partial charge in [0.1, 0.15) is 4.90 Å². The highest BCUT2D eigenvalue weighted by molar-refractivity contribution is 9.10. The Balaban J connectivity index is 2.37. The van der Waals surface area contributed by atoms with E-state index in [1.54, 1.807) is 25.1 Å². The number of aromatic amines is 1. The van der Waals surface area contributed by atoms with Crippen LogP contribution >= 0.6 is 15.9 Å². The number of hydrogen-bond donors (Lipinski definition) is 3. The van der Waals surface area contributed by atoms with Crippen molar-refractivity contribution < 1.29 is 8.42 Å². The van der Waals surface area contributed by atoms with Crippen molar-refractivity contribution in [3.8, 4) is 0 Å². The third-order valence-electron chi connectivity index (χ3n) is 2.31. The Labute approximate surface area is 113 Å². The van der Waals surface area contributed by atoms with E-state index < -0.39 is 10.0 Å². The molecule has 0 aliphatic rings. The Morgan fingerprint density at radius 3 is 2.72 bits per heavy atom. The summed E-state index contributed by atoms with van der Waals surface area (Å²) >= 11 is 3.25. The molecule has 0 unspecified atom stereocenters. The zero-order valence-electron chi connectivity index (χ0n) is 9.44. The molecule has 0 fully saturated rings. The molecule has 0 saturated carbocycles. The first-order valence-electron chi connectivity index (χ1n) is 4.98. The second-order valence-corrected chi connectivity index (χ2v) is 6.21. The van der Waals surface area contributed by atoms with E-state index >= 15 is 0 Å². The van der Waals surface area contributed by atoms with Crippen LogP contribution in [-0.4, -0.2) is 18.6 Å². The fraction of sp³-hybridized carbons (Fsp3) is 0.100. The number of halogens is 1. The standard InChI is InChI=1S/C10H11BrN4O2S/c1-6-10(5-13-14-6)18(16,17)15-9-3-2-7(12)4-8(9)11/h2-5,15H,12H2,1H3,(H,13,14). The summed E-state index contributed by atoms with van der Waals surface area (Å²) in [6, 6.07) is 4.83. The summed E-state index contributed by atoms with van der Waals surface area (Å²) in [7, 11) is -3.65. The zero-order chi connectivity index (χ0) is 13.3. The molecule has 1 aromatic heterocycles. The van der Waals surface area contributed by atoms with Gasteiger partial charge < -0.3 is 5.73 Å². The van der Waals surface area contributed by atoms with Crippen LogP contribution in [0, 0.1) is 6.92 Å². The molecule has 0 saturated heterocycles. The average Bonchev–Trinajstić information content (AvgIpc) is 2.69. The van der Waals surface area contributed by atoms with E-state index in [9.17, 15) is 8.42 Å². The third-order valence-corrected chi connectivity index (χ3v) is 4.45. The molecule has 2 rings (SSSR count). The lowest BCUT2D eigenvalue weighted by Crippen LogP contribution is -2.13. The maximum Gasteiger partial charge on any atom is 0.265 e. The maximum absolute atomic E-state index is 12.1. The minimum absolute atomic E-state index is 0.117. The Bertz CT molecular complexity index is 681. The summed E-state index contributed by atoms with van der Waals surface area (Å²) in [5.74, 6) is 0. The van der Waals surface area contributed by atoms with E-state index in [4.69, 9.17) is 5.73 Å². The lowest BCUT2D eigenvalue weighted by Gasteiger charge is -2.09. The lowest BCUT2D eigenvalue weighted by atomic mass is 10.3. The highest BCUT2D eigenvalue weighted by Crippen LogP contribution is 2.27. The summed E-state index contributed by atoms with van der Waals surface area (Å²) in [4.78, 5) is 0.117. The monoisotopic (exact) mass is 330 g/mol. The minimum atomic E-state index is -3.65. The maximum atomic E-state index is 12.1. The summed E-state index contributed by atoms with van der Waals surface area (Å²) in [6.45, 7) is 1.64. The predicted octanol–water partition coefficient (Wildman–Crippen LogP) is 1.86. The van der Waals surface area contributed by atoms with E-state index in [0.29, 0.717) is 21.5 Å². The van der Waals surface area contributed by atoms with E-state index in [1.807, 2.05) is 0 Å². The van der Waals surface area contributed by atoms with E-state index in [2.05, 4.69) is 30.8 Å². The zero-order valence-corrected chi connectivity index (χ0v) is 11.8. The number of aromatic nitrogens is 2. The molecule has 0 bridgehead atoms. The van der Waals surface area contributed by atoms with Crippen LogP contribution in [0.3, 0.4) is 0 Å². The number of rotatable bonds is 3. The Morgan fingerprint density at radius 1 is 1.44 bits per heavy atom. The smallest absolute Gasteiger partial charge is 0.265 e. The number of H-pyrrole nitrogens is 1. The lowest BCUT2D eigenvalue weighted by molar-refractivity contribution is 0.600. The SMILES string of the molecule is Cc1[nH]ncc1S(=O)(=O)Nc1ccc(N)cc1Br. The quantitative estimate of drug-likeness (QED) is 0.747. The largest absolute Gasteiger partial charge is 0.399 e. The van der Waals surface area contributed by atoms with Gasteiger partial charge in [-0.1, -0.05) is 0 Å². The number of hydrogen-bond acceptors (Lipinski definition) is 4. The van der Waals surface area contributed by atoms with Crippen molar-refractivity contribution >= 4 is 37.3 Å². The van der Waals surface area contributed by atoms with Gasteiger partial charge in [0.05, 0.1) is 17.6 Å². The number of aryl methyl sites for hydroxylation is 1. The molecule has 1 aromatic carbocycles. The van der Waals surface area contributed by atoms with Gasteiger partial charge in [0.25, 0.3) is 10.0 Å².